The van der Waals surface area contributed by atoms with Gasteiger partial charge in [-0.2, -0.15) is 5.10 Å². The lowest BCUT2D eigenvalue weighted by Crippen LogP contribution is -1.97. The molecule has 0 spiro atoms. The van der Waals surface area contributed by atoms with Gasteiger partial charge in [0.25, 0.3) is 0 Å². The minimum atomic E-state index is 0.663. The Bertz CT molecular complexity index is 1240. The number of benzene rings is 2. The molecule has 5 heteroatoms. The standard InChI is InChI=1S/C23H17N5/c1-16-7-9-17(10-8-16)21-22-20(28(27-21)19-5-3-2-4-6-19)15-25-23(26-22)18-11-13-24-14-12-18/h2-15H,1H3. The van der Waals surface area contributed by atoms with E-state index in [0.717, 1.165) is 33.5 Å². The van der Waals surface area contributed by atoms with Crippen molar-refractivity contribution in [3.05, 3.63) is 90.9 Å². The Morgan fingerprint density at radius 3 is 2.29 bits per heavy atom. The third-order valence-electron chi connectivity index (χ3n) is 4.69. The third kappa shape index (κ3) is 2.83. The van der Waals surface area contributed by atoms with Crippen molar-refractivity contribution in [2.24, 2.45) is 0 Å². The molecule has 5 aromatic rings. The zero-order valence-electron chi connectivity index (χ0n) is 15.3. The van der Waals surface area contributed by atoms with Crippen molar-refractivity contribution in [1.82, 2.24) is 24.7 Å². The van der Waals surface area contributed by atoms with E-state index in [-0.39, 0.29) is 0 Å². The highest BCUT2D eigenvalue weighted by Gasteiger charge is 2.17. The number of fused-ring (bicyclic) bond motifs is 1. The Morgan fingerprint density at radius 2 is 1.54 bits per heavy atom. The Hall–Kier alpha value is -3.86. The fourth-order valence-corrected chi connectivity index (χ4v) is 3.22. The zero-order valence-corrected chi connectivity index (χ0v) is 15.3. The van der Waals surface area contributed by atoms with E-state index in [1.54, 1.807) is 12.4 Å². The molecule has 0 N–H and O–H groups in total. The molecule has 0 fully saturated rings. The number of para-hydroxylation sites is 1. The molecular formula is C23H17N5. The summed E-state index contributed by atoms with van der Waals surface area (Å²) in [5, 5.41) is 4.90. The maximum atomic E-state index is 4.90. The van der Waals surface area contributed by atoms with Gasteiger partial charge in [-0.05, 0) is 31.2 Å². The van der Waals surface area contributed by atoms with Crippen LogP contribution in [0.25, 0.3) is 39.4 Å². The monoisotopic (exact) mass is 363 g/mol. The predicted octanol–water partition coefficient (Wildman–Crippen LogP) is 4.85. The molecule has 5 rings (SSSR count). The molecule has 0 unspecified atom stereocenters. The van der Waals surface area contributed by atoms with Crippen molar-refractivity contribution in [2.75, 3.05) is 0 Å². The number of aromatic nitrogens is 5. The third-order valence-corrected chi connectivity index (χ3v) is 4.69. The van der Waals surface area contributed by atoms with Crippen LogP contribution in [-0.4, -0.2) is 24.7 Å². The summed E-state index contributed by atoms with van der Waals surface area (Å²) in [7, 11) is 0. The lowest BCUT2D eigenvalue weighted by molar-refractivity contribution is 0.912. The first-order chi connectivity index (χ1) is 13.8. The van der Waals surface area contributed by atoms with E-state index < -0.39 is 0 Å². The minimum Gasteiger partial charge on any atom is -0.265 e. The van der Waals surface area contributed by atoms with E-state index >= 15 is 0 Å². The van der Waals surface area contributed by atoms with E-state index in [1.807, 2.05) is 53.3 Å². The van der Waals surface area contributed by atoms with Gasteiger partial charge in [-0.3, -0.25) is 4.98 Å². The average Bonchev–Trinajstić information content (AvgIpc) is 3.14. The number of hydrogen-bond donors (Lipinski definition) is 0. The van der Waals surface area contributed by atoms with Crippen molar-refractivity contribution in [3.8, 4) is 28.3 Å². The summed E-state index contributed by atoms with van der Waals surface area (Å²) >= 11 is 0. The van der Waals surface area contributed by atoms with Crippen LogP contribution in [0.15, 0.2) is 85.3 Å². The summed E-state index contributed by atoms with van der Waals surface area (Å²) < 4.78 is 1.90. The lowest BCUT2D eigenvalue weighted by atomic mass is 10.1. The maximum absolute atomic E-state index is 4.90. The van der Waals surface area contributed by atoms with Crippen molar-refractivity contribution in [1.29, 1.82) is 0 Å². The van der Waals surface area contributed by atoms with Crippen LogP contribution in [0.4, 0.5) is 0 Å². The van der Waals surface area contributed by atoms with Gasteiger partial charge in [0.1, 0.15) is 16.7 Å². The van der Waals surface area contributed by atoms with Crippen molar-refractivity contribution >= 4 is 11.0 Å². The van der Waals surface area contributed by atoms with E-state index in [9.17, 15) is 0 Å². The Balaban J connectivity index is 1.77. The summed E-state index contributed by atoms with van der Waals surface area (Å²) in [6.45, 7) is 2.08. The van der Waals surface area contributed by atoms with Crippen molar-refractivity contribution in [2.45, 2.75) is 6.92 Å². The van der Waals surface area contributed by atoms with Crippen LogP contribution in [-0.2, 0) is 0 Å². The van der Waals surface area contributed by atoms with Crippen molar-refractivity contribution < 1.29 is 0 Å². The second-order valence-electron chi connectivity index (χ2n) is 6.63. The maximum Gasteiger partial charge on any atom is 0.160 e. The smallest absolute Gasteiger partial charge is 0.160 e. The van der Waals surface area contributed by atoms with E-state index in [1.165, 1.54) is 5.56 Å². The van der Waals surface area contributed by atoms with Crippen LogP contribution in [0.2, 0.25) is 0 Å². The molecule has 0 radical (unpaired) electrons. The largest absolute Gasteiger partial charge is 0.265 e. The van der Waals surface area contributed by atoms with Gasteiger partial charge in [0.05, 0.1) is 11.9 Å². The second kappa shape index (κ2) is 6.70. The van der Waals surface area contributed by atoms with Gasteiger partial charge in [-0.25, -0.2) is 14.6 Å². The SMILES string of the molecule is Cc1ccc(-c2nn(-c3ccccc3)c3cnc(-c4ccncc4)nc23)cc1. The normalized spacial score (nSPS) is 11.0. The number of aryl methyl sites for hydroxylation is 1. The second-order valence-corrected chi connectivity index (χ2v) is 6.63. The molecule has 0 atom stereocenters. The molecule has 0 bridgehead atoms. The molecule has 134 valence electrons. The van der Waals surface area contributed by atoms with Crippen LogP contribution in [0.1, 0.15) is 5.56 Å². The fraction of sp³-hybridized carbons (Fsp3) is 0.0435. The highest BCUT2D eigenvalue weighted by Crippen LogP contribution is 2.30. The highest BCUT2D eigenvalue weighted by atomic mass is 15.3. The predicted molar refractivity (Wildman–Crippen MR) is 110 cm³/mol. The minimum absolute atomic E-state index is 0.663. The summed E-state index contributed by atoms with van der Waals surface area (Å²) in [6.07, 6.45) is 5.34. The average molecular weight is 363 g/mol. The fourth-order valence-electron chi connectivity index (χ4n) is 3.22. The number of hydrogen-bond acceptors (Lipinski definition) is 4. The van der Waals surface area contributed by atoms with Crippen LogP contribution >= 0.6 is 0 Å². The quantitative estimate of drug-likeness (QED) is 0.460. The highest BCUT2D eigenvalue weighted by molar-refractivity contribution is 5.91. The summed E-state index contributed by atoms with van der Waals surface area (Å²) in [4.78, 5) is 13.5. The molecule has 0 aliphatic rings. The molecule has 0 saturated carbocycles. The van der Waals surface area contributed by atoms with E-state index in [4.69, 9.17) is 10.1 Å². The molecule has 5 nitrogen and oxygen atoms in total. The number of rotatable bonds is 3. The van der Waals surface area contributed by atoms with Crippen LogP contribution in [0, 0.1) is 6.92 Å². The van der Waals surface area contributed by atoms with E-state index in [0.29, 0.717) is 5.82 Å². The molecular weight excluding hydrogens is 346 g/mol. The van der Waals surface area contributed by atoms with Gasteiger partial charge < -0.3 is 0 Å². The first-order valence-electron chi connectivity index (χ1n) is 9.08. The Morgan fingerprint density at radius 1 is 0.786 bits per heavy atom. The van der Waals surface area contributed by atoms with Gasteiger partial charge in [0, 0.05) is 23.5 Å². The lowest BCUT2D eigenvalue weighted by Gasteiger charge is -2.03. The van der Waals surface area contributed by atoms with Gasteiger partial charge in [-0.1, -0.05) is 48.0 Å². The van der Waals surface area contributed by atoms with E-state index in [2.05, 4.69) is 41.2 Å². The summed E-state index contributed by atoms with van der Waals surface area (Å²) in [5.74, 6) is 0.663. The van der Waals surface area contributed by atoms with Crippen LogP contribution in [0.3, 0.4) is 0 Å². The number of pyridine rings is 1. The van der Waals surface area contributed by atoms with Gasteiger partial charge in [-0.15, -0.1) is 0 Å². The molecule has 3 heterocycles. The first kappa shape index (κ1) is 16.3. The molecule has 0 aliphatic heterocycles. The molecule has 28 heavy (non-hydrogen) atoms. The summed E-state index contributed by atoms with van der Waals surface area (Å²) in [5.41, 5.74) is 6.70. The molecule has 0 aliphatic carbocycles. The van der Waals surface area contributed by atoms with Crippen molar-refractivity contribution in [3.63, 3.8) is 0 Å². The molecule has 3 aromatic heterocycles. The van der Waals surface area contributed by atoms with Gasteiger partial charge in [0.2, 0.25) is 0 Å². The van der Waals surface area contributed by atoms with Gasteiger partial charge >= 0.3 is 0 Å². The van der Waals surface area contributed by atoms with Gasteiger partial charge in [0.15, 0.2) is 5.82 Å². The Kier molecular flexibility index (Phi) is 3.91. The van der Waals surface area contributed by atoms with Crippen LogP contribution in [0.5, 0.6) is 0 Å². The number of nitrogens with zero attached hydrogens (tertiary/aromatic N) is 5. The molecule has 0 amide bonds. The topological polar surface area (TPSA) is 56.5 Å². The molecule has 2 aromatic carbocycles. The van der Waals surface area contributed by atoms with Crippen LogP contribution < -0.4 is 0 Å². The summed E-state index contributed by atoms with van der Waals surface area (Å²) in [6, 6.07) is 22.2. The molecule has 0 saturated heterocycles. The Labute approximate surface area is 162 Å². The first-order valence-corrected chi connectivity index (χ1v) is 9.08. The zero-order chi connectivity index (χ0) is 18.9.